The first kappa shape index (κ1) is 22.1. The van der Waals surface area contributed by atoms with Crippen molar-refractivity contribution < 1.29 is 23.5 Å². The second-order valence-electron chi connectivity index (χ2n) is 8.71. The lowest BCUT2D eigenvalue weighted by atomic mass is 10.0. The largest absolute Gasteiger partial charge is 0.503 e. The molecule has 2 atom stereocenters. The van der Waals surface area contributed by atoms with E-state index in [4.69, 9.17) is 0 Å². The number of hydrogen-bond acceptors (Lipinski definition) is 5. The van der Waals surface area contributed by atoms with Crippen molar-refractivity contribution in [2.75, 3.05) is 6.54 Å². The fourth-order valence-corrected chi connectivity index (χ4v) is 4.67. The quantitative estimate of drug-likeness (QED) is 0.716. The van der Waals surface area contributed by atoms with Gasteiger partial charge in [-0.3, -0.25) is 19.3 Å². The summed E-state index contributed by atoms with van der Waals surface area (Å²) in [6.45, 7) is 6.96. The van der Waals surface area contributed by atoms with E-state index >= 15 is 0 Å². The van der Waals surface area contributed by atoms with Crippen LogP contribution in [0.25, 0.3) is 0 Å². The SMILES string of the molecule is CC(C)N1C[C@@H](C)N2C(=O)c3c(O)c(=O)c(C(=O)CCc4ccc(F)cc4F)cn3CC12. The van der Waals surface area contributed by atoms with Crippen LogP contribution >= 0.6 is 0 Å². The van der Waals surface area contributed by atoms with E-state index in [1.165, 1.54) is 16.8 Å². The van der Waals surface area contributed by atoms with Crippen LogP contribution in [-0.4, -0.2) is 56.0 Å². The number of rotatable bonds is 5. The summed E-state index contributed by atoms with van der Waals surface area (Å²) in [5.74, 6) is -3.26. The van der Waals surface area contributed by atoms with E-state index < -0.39 is 34.5 Å². The summed E-state index contributed by atoms with van der Waals surface area (Å²) in [6.07, 6.45) is 0.844. The molecule has 2 aliphatic heterocycles. The van der Waals surface area contributed by atoms with Crippen LogP contribution < -0.4 is 5.43 Å². The van der Waals surface area contributed by atoms with Crippen LogP contribution in [0.2, 0.25) is 0 Å². The molecule has 3 heterocycles. The van der Waals surface area contributed by atoms with Crippen molar-refractivity contribution in [2.24, 2.45) is 0 Å². The minimum atomic E-state index is -0.916. The molecule has 0 aliphatic carbocycles. The molecule has 32 heavy (non-hydrogen) atoms. The molecular weight excluding hydrogens is 420 g/mol. The van der Waals surface area contributed by atoms with Crippen molar-refractivity contribution in [1.82, 2.24) is 14.4 Å². The number of hydrogen-bond donors (Lipinski definition) is 1. The summed E-state index contributed by atoms with van der Waals surface area (Å²) in [7, 11) is 0. The number of aromatic nitrogens is 1. The number of amides is 1. The first-order valence-electron chi connectivity index (χ1n) is 10.6. The molecule has 0 saturated carbocycles. The number of nitrogens with zero attached hydrogens (tertiary/aromatic N) is 3. The van der Waals surface area contributed by atoms with Gasteiger partial charge in [0, 0.05) is 37.3 Å². The molecule has 9 heteroatoms. The van der Waals surface area contributed by atoms with E-state index in [2.05, 4.69) is 4.90 Å². The van der Waals surface area contributed by atoms with Gasteiger partial charge < -0.3 is 14.6 Å². The smallest absolute Gasteiger partial charge is 0.276 e. The van der Waals surface area contributed by atoms with Crippen LogP contribution in [0.3, 0.4) is 0 Å². The average Bonchev–Trinajstić information content (AvgIpc) is 3.06. The normalized spacial score (nSPS) is 20.6. The lowest BCUT2D eigenvalue weighted by Crippen LogP contribution is -2.53. The maximum absolute atomic E-state index is 13.9. The molecule has 2 aliphatic rings. The molecule has 0 bridgehead atoms. The number of ketones is 1. The van der Waals surface area contributed by atoms with E-state index in [1.54, 1.807) is 4.90 Å². The van der Waals surface area contributed by atoms with Crippen LogP contribution in [-0.2, 0) is 13.0 Å². The number of halogens is 2. The monoisotopic (exact) mass is 445 g/mol. The first-order chi connectivity index (χ1) is 15.1. The van der Waals surface area contributed by atoms with Gasteiger partial charge in [0.15, 0.2) is 17.2 Å². The minimum absolute atomic E-state index is 0.0269. The van der Waals surface area contributed by atoms with Gasteiger partial charge in [-0.05, 0) is 38.8 Å². The molecular formula is C23H25F2N3O4. The molecule has 1 aromatic heterocycles. The first-order valence-corrected chi connectivity index (χ1v) is 10.6. The third-order valence-electron chi connectivity index (χ3n) is 6.31. The van der Waals surface area contributed by atoms with Crippen molar-refractivity contribution >= 4 is 11.7 Å². The molecule has 170 valence electrons. The zero-order valence-corrected chi connectivity index (χ0v) is 18.1. The summed E-state index contributed by atoms with van der Waals surface area (Å²) in [4.78, 5) is 42.4. The van der Waals surface area contributed by atoms with Crippen LogP contribution in [0.4, 0.5) is 8.78 Å². The van der Waals surface area contributed by atoms with Gasteiger partial charge in [-0.1, -0.05) is 6.07 Å². The van der Waals surface area contributed by atoms with Gasteiger partial charge in [0.05, 0.1) is 12.1 Å². The zero-order chi connectivity index (χ0) is 23.3. The third-order valence-corrected chi connectivity index (χ3v) is 6.31. The summed E-state index contributed by atoms with van der Waals surface area (Å²) in [5, 5.41) is 10.5. The van der Waals surface area contributed by atoms with Gasteiger partial charge in [-0.15, -0.1) is 0 Å². The summed E-state index contributed by atoms with van der Waals surface area (Å²) in [6, 6.07) is 3.19. The molecule has 1 aromatic carbocycles. The second-order valence-corrected chi connectivity index (χ2v) is 8.71. The fraction of sp³-hybridized carbons (Fsp3) is 0.435. The molecule has 7 nitrogen and oxygen atoms in total. The Hall–Kier alpha value is -3.07. The Morgan fingerprint density at radius 1 is 1.22 bits per heavy atom. The van der Waals surface area contributed by atoms with E-state index in [1.807, 2.05) is 20.8 Å². The highest BCUT2D eigenvalue weighted by molar-refractivity contribution is 6.00. The third kappa shape index (κ3) is 3.60. The number of benzene rings is 1. The van der Waals surface area contributed by atoms with Gasteiger partial charge in [0.25, 0.3) is 5.91 Å². The molecule has 0 radical (unpaired) electrons. The predicted octanol–water partition coefficient (Wildman–Crippen LogP) is 2.54. The summed E-state index contributed by atoms with van der Waals surface area (Å²) >= 11 is 0. The van der Waals surface area contributed by atoms with Crippen LogP contribution in [0.5, 0.6) is 5.75 Å². The van der Waals surface area contributed by atoms with Crippen LogP contribution in [0.1, 0.15) is 53.6 Å². The summed E-state index contributed by atoms with van der Waals surface area (Å²) < 4.78 is 28.4. The number of aryl methyl sites for hydroxylation is 1. The number of aromatic hydroxyl groups is 1. The van der Waals surface area contributed by atoms with Crippen LogP contribution in [0, 0.1) is 11.6 Å². The Labute approximate surface area is 183 Å². The van der Waals surface area contributed by atoms with E-state index in [-0.39, 0.29) is 47.9 Å². The minimum Gasteiger partial charge on any atom is -0.503 e. The topological polar surface area (TPSA) is 82.8 Å². The molecule has 2 aromatic rings. The van der Waals surface area contributed by atoms with Gasteiger partial charge >= 0.3 is 0 Å². The van der Waals surface area contributed by atoms with E-state index in [9.17, 15) is 28.3 Å². The van der Waals surface area contributed by atoms with Gasteiger partial charge in [-0.25, -0.2) is 8.78 Å². The molecule has 1 unspecified atom stereocenters. The molecule has 1 amide bonds. The average molecular weight is 445 g/mol. The molecule has 1 fully saturated rings. The number of carbonyl (C=O) groups excluding carboxylic acids is 2. The number of Topliss-reactive ketones (excluding diaryl/α,β-unsaturated/α-hetero) is 1. The standard InChI is InChI=1S/C23H25F2N3O4/c1-12(2)27-9-13(3)28-19(27)11-26-10-16(21(30)22(31)20(26)23(28)32)18(29)7-5-14-4-6-15(24)8-17(14)25/h4,6,8,10,12-13,19,31H,5,7,9,11H2,1-3H3/t13-,19?/m1/s1. The maximum atomic E-state index is 13.9. The predicted molar refractivity (Wildman–Crippen MR) is 113 cm³/mol. The summed E-state index contributed by atoms with van der Waals surface area (Å²) in [5.41, 5.74) is -1.14. The Kier molecular flexibility index (Phi) is 5.62. The lowest BCUT2D eigenvalue weighted by molar-refractivity contribution is 0.0404. The molecule has 4 rings (SSSR count). The van der Waals surface area contributed by atoms with Gasteiger partial charge in [0.1, 0.15) is 17.8 Å². The van der Waals surface area contributed by atoms with Crippen molar-refractivity contribution in [1.29, 1.82) is 0 Å². The van der Waals surface area contributed by atoms with Crippen LogP contribution in [0.15, 0.2) is 29.2 Å². The van der Waals surface area contributed by atoms with Gasteiger partial charge in [-0.2, -0.15) is 0 Å². The van der Waals surface area contributed by atoms with E-state index in [0.29, 0.717) is 13.1 Å². The zero-order valence-electron chi connectivity index (χ0n) is 18.1. The highest BCUT2D eigenvalue weighted by Gasteiger charge is 2.46. The second kappa shape index (κ2) is 8.12. The lowest BCUT2D eigenvalue weighted by Gasteiger charge is -2.38. The van der Waals surface area contributed by atoms with Crippen molar-refractivity contribution in [3.63, 3.8) is 0 Å². The Bertz CT molecular complexity index is 1160. The van der Waals surface area contributed by atoms with Gasteiger partial charge in [0.2, 0.25) is 5.43 Å². The van der Waals surface area contributed by atoms with Crippen molar-refractivity contribution in [2.45, 2.75) is 58.4 Å². The Morgan fingerprint density at radius 2 is 1.94 bits per heavy atom. The molecule has 1 saturated heterocycles. The fourth-order valence-electron chi connectivity index (χ4n) is 4.67. The number of carbonyl (C=O) groups is 2. The molecule has 1 N–H and O–H groups in total. The number of fused-ring (bicyclic) bond motifs is 2. The maximum Gasteiger partial charge on any atom is 0.276 e. The molecule has 0 spiro atoms. The highest BCUT2D eigenvalue weighted by atomic mass is 19.1. The van der Waals surface area contributed by atoms with E-state index in [0.717, 1.165) is 12.1 Å². The van der Waals surface area contributed by atoms with Crippen molar-refractivity contribution in [3.8, 4) is 5.75 Å². The Morgan fingerprint density at radius 3 is 2.59 bits per heavy atom. The Balaban J connectivity index is 1.65. The number of pyridine rings is 1. The van der Waals surface area contributed by atoms with Crippen molar-refractivity contribution in [3.05, 3.63) is 63.1 Å². The highest BCUT2D eigenvalue weighted by Crippen LogP contribution is 2.32.